The van der Waals surface area contributed by atoms with Gasteiger partial charge >= 0.3 is 5.97 Å². The zero-order chi connectivity index (χ0) is 18.7. The van der Waals surface area contributed by atoms with E-state index in [0.29, 0.717) is 23.7 Å². The molecule has 26 heavy (non-hydrogen) atoms. The maximum absolute atomic E-state index is 12.5. The van der Waals surface area contributed by atoms with Crippen LogP contribution in [0.15, 0.2) is 18.3 Å². The smallest absolute Gasteiger partial charge is 0.341 e. The maximum Gasteiger partial charge on any atom is 0.341 e. The van der Waals surface area contributed by atoms with E-state index >= 15 is 0 Å². The number of rotatable bonds is 5. The lowest BCUT2D eigenvalue weighted by Crippen LogP contribution is -2.47. The molecule has 1 aliphatic rings. The molecule has 0 aliphatic carbocycles. The highest BCUT2D eigenvalue weighted by atomic mass is 35.5. The van der Waals surface area contributed by atoms with Crippen molar-refractivity contribution in [3.8, 4) is 0 Å². The third-order valence-corrected chi connectivity index (χ3v) is 5.21. The van der Waals surface area contributed by atoms with Crippen molar-refractivity contribution in [2.24, 2.45) is 0 Å². The van der Waals surface area contributed by atoms with Crippen LogP contribution in [0.25, 0.3) is 10.9 Å². The quantitative estimate of drug-likeness (QED) is 0.807. The fourth-order valence-electron chi connectivity index (χ4n) is 3.40. The number of β-amino-alcohol motifs (C(OH)–C–C–N with tert-alkyl or cyclic N) is 1. The Morgan fingerprint density at radius 2 is 2.04 bits per heavy atom. The highest BCUT2D eigenvalue weighted by molar-refractivity contribution is 6.32. The summed E-state index contributed by atoms with van der Waals surface area (Å²) in [6.07, 6.45) is 1.60. The molecule has 0 atom stereocenters. The van der Waals surface area contributed by atoms with Gasteiger partial charge in [-0.2, -0.15) is 0 Å². The summed E-state index contributed by atoms with van der Waals surface area (Å²) < 4.78 is 5.25. The molecule has 0 unspecified atom stereocenters. The monoisotopic (exact) mass is 377 g/mol. The predicted molar refractivity (Wildman–Crippen MR) is 103 cm³/mol. The number of pyridine rings is 1. The molecule has 0 radical (unpaired) electrons. The first-order valence-corrected chi connectivity index (χ1v) is 9.27. The second kappa shape index (κ2) is 8.20. The van der Waals surface area contributed by atoms with E-state index in [1.54, 1.807) is 13.1 Å². The Morgan fingerprint density at radius 3 is 2.69 bits per heavy atom. The van der Waals surface area contributed by atoms with E-state index in [1.807, 2.05) is 19.1 Å². The van der Waals surface area contributed by atoms with Gasteiger partial charge < -0.3 is 14.7 Å². The molecule has 2 heterocycles. The number of carbonyl (C=O) groups is 1. The summed E-state index contributed by atoms with van der Waals surface area (Å²) in [6.45, 7) is 8.09. The molecular formula is C19H24ClN3O3. The van der Waals surface area contributed by atoms with Crippen LogP contribution in [0.5, 0.6) is 0 Å². The second-order valence-electron chi connectivity index (χ2n) is 6.36. The Balaban J connectivity index is 2.06. The number of hydrogen-bond donors (Lipinski definition) is 1. The van der Waals surface area contributed by atoms with E-state index < -0.39 is 0 Å². The van der Waals surface area contributed by atoms with Gasteiger partial charge in [-0.25, -0.2) is 4.79 Å². The predicted octanol–water partition coefficient (Wildman–Crippen LogP) is 2.49. The number of halogens is 1. The molecule has 0 bridgehead atoms. The molecule has 1 saturated heterocycles. The Bertz CT molecular complexity index is 804. The molecule has 6 nitrogen and oxygen atoms in total. The van der Waals surface area contributed by atoms with Crippen molar-refractivity contribution in [1.82, 2.24) is 9.88 Å². The average Bonchev–Trinajstić information content (AvgIpc) is 2.65. The molecule has 3 rings (SSSR count). The van der Waals surface area contributed by atoms with E-state index in [1.165, 1.54) is 0 Å². The Morgan fingerprint density at radius 1 is 1.31 bits per heavy atom. The van der Waals surface area contributed by atoms with Gasteiger partial charge in [-0.3, -0.25) is 9.88 Å². The lowest BCUT2D eigenvalue weighted by molar-refractivity contribution is 0.0526. The van der Waals surface area contributed by atoms with Crippen LogP contribution >= 0.6 is 11.6 Å². The van der Waals surface area contributed by atoms with Crippen molar-refractivity contribution in [2.75, 3.05) is 50.8 Å². The first-order valence-electron chi connectivity index (χ1n) is 8.90. The van der Waals surface area contributed by atoms with Crippen molar-refractivity contribution < 1.29 is 14.6 Å². The number of esters is 1. The highest BCUT2D eigenvalue weighted by Crippen LogP contribution is 2.34. The molecule has 140 valence electrons. The molecule has 1 aliphatic heterocycles. The van der Waals surface area contributed by atoms with Crippen LogP contribution in [-0.4, -0.2) is 66.9 Å². The number of aryl methyl sites for hydroxylation is 1. The lowest BCUT2D eigenvalue weighted by Gasteiger charge is -2.37. The number of carbonyl (C=O) groups excluding carboxylic acids is 1. The summed E-state index contributed by atoms with van der Waals surface area (Å²) in [5.74, 6) is -0.359. The number of nitrogens with zero attached hydrogens (tertiary/aromatic N) is 3. The minimum Gasteiger partial charge on any atom is -0.462 e. The molecule has 1 aromatic carbocycles. The number of piperazine rings is 1. The minimum absolute atomic E-state index is 0.157. The van der Waals surface area contributed by atoms with Gasteiger partial charge in [-0.15, -0.1) is 0 Å². The molecule has 0 amide bonds. The van der Waals surface area contributed by atoms with Gasteiger partial charge in [0.1, 0.15) is 5.56 Å². The zero-order valence-corrected chi connectivity index (χ0v) is 15.9. The number of ether oxygens (including phenoxy) is 1. The summed E-state index contributed by atoms with van der Waals surface area (Å²) in [4.78, 5) is 21.4. The first-order chi connectivity index (χ1) is 12.6. The van der Waals surface area contributed by atoms with Crippen molar-refractivity contribution in [3.63, 3.8) is 0 Å². The standard InChI is InChI=1S/C19H24ClN3O3/c1-3-26-19(25)15-12-21-17-13(2)16(20)5-4-14(17)18(15)23-8-6-22(7-9-23)10-11-24/h4-5,12,24H,3,6-11H2,1-2H3. The number of fused-ring (bicyclic) bond motifs is 1. The SMILES string of the molecule is CCOC(=O)c1cnc2c(C)c(Cl)ccc2c1N1CCN(CCO)CC1. The third kappa shape index (κ3) is 3.63. The highest BCUT2D eigenvalue weighted by Gasteiger charge is 2.25. The van der Waals surface area contributed by atoms with E-state index in [9.17, 15) is 4.79 Å². The number of aliphatic hydroxyl groups excluding tert-OH is 1. The molecule has 7 heteroatoms. The number of anilines is 1. The van der Waals surface area contributed by atoms with Crippen LogP contribution < -0.4 is 4.90 Å². The third-order valence-electron chi connectivity index (χ3n) is 4.80. The molecule has 1 fully saturated rings. The Labute approximate surface area is 158 Å². The van der Waals surface area contributed by atoms with E-state index in [-0.39, 0.29) is 12.6 Å². The van der Waals surface area contributed by atoms with Crippen LogP contribution in [0.2, 0.25) is 5.02 Å². The van der Waals surface area contributed by atoms with Crippen LogP contribution in [0, 0.1) is 6.92 Å². The van der Waals surface area contributed by atoms with E-state index in [2.05, 4.69) is 14.8 Å². The van der Waals surface area contributed by atoms with Gasteiger partial charge in [0.05, 0.1) is 24.4 Å². The normalized spacial score (nSPS) is 15.5. The van der Waals surface area contributed by atoms with Crippen LogP contribution in [0.1, 0.15) is 22.8 Å². The van der Waals surface area contributed by atoms with Crippen LogP contribution in [-0.2, 0) is 4.74 Å². The van der Waals surface area contributed by atoms with Crippen molar-refractivity contribution in [1.29, 1.82) is 0 Å². The molecule has 1 aromatic heterocycles. The lowest BCUT2D eigenvalue weighted by atomic mass is 10.0. The van der Waals surface area contributed by atoms with Crippen LogP contribution in [0.3, 0.4) is 0 Å². The Kier molecular flexibility index (Phi) is 5.96. The van der Waals surface area contributed by atoms with Gasteiger partial charge in [0.15, 0.2) is 0 Å². The molecule has 1 N–H and O–H groups in total. The number of aromatic nitrogens is 1. The van der Waals surface area contributed by atoms with Gasteiger partial charge in [0, 0.05) is 49.3 Å². The van der Waals surface area contributed by atoms with E-state index in [0.717, 1.165) is 48.3 Å². The number of benzene rings is 1. The fourth-order valence-corrected chi connectivity index (χ4v) is 3.56. The summed E-state index contributed by atoms with van der Waals surface area (Å²) in [6, 6.07) is 3.77. The summed E-state index contributed by atoms with van der Waals surface area (Å²) in [5, 5.41) is 10.7. The van der Waals surface area contributed by atoms with Gasteiger partial charge in [0.2, 0.25) is 0 Å². The van der Waals surface area contributed by atoms with Gasteiger partial charge in [-0.05, 0) is 31.5 Å². The first kappa shape index (κ1) is 18.9. The number of hydrogen-bond acceptors (Lipinski definition) is 6. The largest absolute Gasteiger partial charge is 0.462 e. The molecule has 0 spiro atoms. The van der Waals surface area contributed by atoms with Gasteiger partial charge in [-0.1, -0.05) is 11.6 Å². The van der Waals surface area contributed by atoms with E-state index in [4.69, 9.17) is 21.4 Å². The average molecular weight is 378 g/mol. The van der Waals surface area contributed by atoms with Crippen molar-refractivity contribution >= 4 is 34.2 Å². The maximum atomic E-state index is 12.5. The van der Waals surface area contributed by atoms with Crippen LogP contribution in [0.4, 0.5) is 5.69 Å². The second-order valence-corrected chi connectivity index (χ2v) is 6.77. The summed E-state index contributed by atoms with van der Waals surface area (Å²) in [5.41, 5.74) is 3.05. The van der Waals surface area contributed by atoms with Gasteiger partial charge in [0.25, 0.3) is 0 Å². The summed E-state index contributed by atoms with van der Waals surface area (Å²) >= 11 is 6.26. The minimum atomic E-state index is -0.359. The Hall–Kier alpha value is -1.89. The topological polar surface area (TPSA) is 65.9 Å². The fraction of sp³-hybridized carbons (Fsp3) is 0.474. The zero-order valence-electron chi connectivity index (χ0n) is 15.2. The van der Waals surface area contributed by atoms with Crippen molar-refractivity contribution in [2.45, 2.75) is 13.8 Å². The molecule has 0 saturated carbocycles. The van der Waals surface area contributed by atoms with Crippen molar-refractivity contribution in [3.05, 3.63) is 34.5 Å². The molecular weight excluding hydrogens is 354 g/mol. The molecule has 2 aromatic rings. The summed E-state index contributed by atoms with van der Waals surface area (Å²) in [7, 11) is 0. The number of aliphatic hydroxyl groups is 1.